The van der Waals surface area contributed by atoms with Gasteiger partial charge in [0, 0.05) is 32.2 Å². The van der Waals surface area contributed by atoms with E-state index in [-0.39, 0.29) is 5.91 Å². The van der Waals surface area contributed by atoms with Crippen molar-refractivity contribution in [2.45, 2.75) is 13.3 Å². The standard InChI is InChI=1S/C13H16N2O/c1-10(16)14-7-5-11-3-4-12-6-8-15(2)13(12)9-11/h3-4,6,8-9H,5,7H2,1-2H3,(H,14,16). The molecule has 0 unspecified atom stereocenters. The van der Waals surface area contributed by atoms with Gasteiger partial charge in [0.05, 0.1) is 0 Å². The predicted octanol–water partition coefficient (Wildman–Crippen LogP) is 1.86. The number of aromatic nitrogens is 1. The summed E-state index contributed by atoms with van der Waals surface area (Å²) in [7, 11) is 2.04. The van der Waals surface area contributed by atoms with E-state index in [4.69, 9.17) is 0 Å². The fraction of sp³-hybridized carbons (Fsp3) is 0.308. The van der Waals surface area contributed by atoms with Gasteiger partial charge in [-0.3, -0.25) is 4.79 Å². The quantitative estimate of drug-likeness (QED) is 0.834. The Morgan fingerprint density at radius 2 is 2.19 bits per heavy atom. The molecule has 1 aromatic heterocycles. The van der Waals surface area contributed by atoms with Gasteiger partial charge in [-0.15, -0.1) is 0 Å². The van der Waals surface area contributed by atoms with Crippen LogP contribution < -0.4 is 5.32 Å². The number of carbonyl (C=O) groups is 1. The number of hydrogen-bond acceptors (Lipinski definition) is 1. The van der Waals surface area contributed by atoms with Crippen LogP contribution in [0.1, 0.15) is 12.5 Å². The lowest BCUT2D eigenvalue weighted by atomic mass is 10.1. The largest absolute Gasteiger partial charge is 0.356 e. The fourth-order valence-corrected chi connectivity index (χ4v) is 1.85. The van der Waals surface area contributed by atoms with Crippen molar-refractivity contribution < 1.29 is 4.79 Å². The lowest BCUT2D eigenvalue weighted by Crippen LogP contribution is -2.22. The summed E-state index contributed by atoms with van der Waals surface area (Å²) in [6.07, 6.45) is 2.93. The third-order valence-electron chi connectivity index (χ3n) is 2.74. The number of hydrogen-bond donors (Lipinski definition) is 1. The maximum absolute atomic E-state index is 10.7. The van der Waals surface area contributed by atoms with Crippen LogP contribution in [0.2, 0.25) is 0 Å². The Bertz CT molecular complexity index is 514. The Balaban J connectivity index is 2.12. The smallest absolute Gasteiger partial charge is 0.216 e. The molecule has 1 heterocycles. The first-order valence-electron chi connectivity index (χ1n) is 5.45. The molecule has 84 valence electrons. The highest BCUT2D eigenvalue weighted by Crippen LogP contribution is 2.16. The van der Waals surface area contributed by atoms with E-state index in [1.807, 2.05) is 7.05 Å². The second-order valence-corrected chi connectivity index (χ2v) is 4.05. The predicted molar refractivity (Wildman–Crippen MR) is 65.3 cm³/mol. The average Bonchev–Trinajstić information content (AvgIpc) is 2.60. The Morgan fingerprint density at radius 1 is 1.38 bits per heavy atom. The first kappa shape index (κ1) is 10.7. The van der Waals surface area contributed by atoms with Crippen molar-refractivity contribution in [3.8, 4) is 0 Å². The van der Waals surface area contributed by atoms with Gasteiger partial charge in [-0.25, -0.2) is 0 Å². The van der Waals surface area contributed by atoms with Crippen LogP contribution in [0.4, 0.5) is 0 Å². The molecule has 0 aliphatic heterocycles. The second-order valence-electron chi connectivity index (χ2n) is 4.05. The van der Waals surface area contributed by atoms with Crippen molar-refractivity contribution in [3.05, 3.63) is 36.0 Å². The number of amides is 1. The topological polar surface area (TPSA) is 34.0 Å². The van der Waals surface area contributed by atoms with Crippen LogP contribution in [0.5, 0.6) is 0 Å². The van der Waals surface area contributed by atoms with Gasteiger partial charge in [-0.05, 0) is 29.5 Å². The molecule has 0 aliphatic carbocycles. The van der Waals surface area contributed by atoms with E-state index in [2.05, 4.69) is 40.3 Å². The molecule has 0 spiro atoms. The van der Waals surface area contributed by atoms with Gasteiger partial charge < -0.3 is 9.88 Å². The molecular weight excluding hydrogens is 200 g/mol. The monoisotopic (exact) mass is 216 g/mol. The van der Waals surface area contributed by atoms with Gasteiger partial charge in [0.15, 0.2) is 0 Å². The minimum atomic E-state index is 0.0277. The molecule has 1 amide bonds. The van der Waals surface area contributed by atoms with Crippen LogP contribution in [0.3, 0.4) is 0 Å². The molecule has 0 radical (unpaired) electrons. The highest BCUT2D eigenvalue weighted by atomic mass is 16.1. The molecule has 0 saturated carbocycles. The number of nitrogens with zero attached hydrogens (tertiary/aromatic N) is 1. The molecule has 1 aromatic carbocycles. The fourth-order valence-electron chi connectivity index (χ4n) is 1.85. The average molecular weight is 216 g/mol. The van der Waals surface area contributed by atoms with Crippen molar-refractivity contribution >= 4 is 16.8 Å². The Kier molecular flexibility index (Phi) is 2.95. The van der Waals surface area contributed by atoms with E-state index >= 15 is 0 Å². The minimum Gasteiger partial charge on any atom is -0.356 e. The molecule has 3 heteroatoms. The van der Waals surface area contributed by atoms with E-state index in [1.165, 1.54) is 16.5 Å². The lowest BCUT2D eigenvalue weighted by molar-refractivity contribution is -0.118. The van der Waals surface area contributed by atoms with E-state index in [0.29, 0.717) is 6.54 Å². The summed E-state index contributed by atoms with van der Waals surface area (Å²) >= 11 is 0. The highest BCUT2D eigenvalue weighted by molar-refractivity contribution is 5.80. The zero-order valence-electron chi connectivity index (χ0n) is 9.66. The maximum atomic E-state index is 10.7. The zero-order chi connectivity index (χ0) is 11.5. The summed E-state index contributed by atoms with van der Waals surface area (Å²) in [6.45, 7) is 2.24. The van der Waals surface area contributed by atoms with Gasteiger partial charge in [-0.1, -0.05) is 12.1 Å². The van der Waals surface area contributed by atoms with Crippen molar-refractivity contribution in [1.29, 1.82) is 0 Å². The molecule has 0 fully saturated rings. The Hall–Kier alpha value is -1.77. The summed E-state index contributed by atoms with van der Waals surface area (Å²) in [5, 5.41) is 4.06. The van der Waals surface area contributed by atoms with Crippen LogP contribution in [0.15, 0.2) is 30.5 Å². The minimum absolute atomic E-state index is 0.0277. The van der Waals surface area contributed by atoms with Crippen LogP contribution in [-0.2, 0) is 18.3 Å². The molecule has 3 nitrogen and oxygen atoms in total. The molecular formula is C13H16N2O. The normalized spacial score (nSPS) is 10.6. The van der Waals surface area contributed by atoms with Crippen molar-refractivity contribution in [2.75, 3.05) is 6.54 Å². The first-order chi connectivity index (χ1) is 7.66. The van der Waals surface area contributed by atoms with E-state index in [1.54, 1.807) is 6.92 Å². The SMILES string of the molecule is CC(=O)NCCc1ccc2ccn(C)c2c1. The number of rotatable bonds is 3. The van der Waals surface area contributed by atoms with Gasteiger partial charge >= 0.3 is 0 Å². The molecule has 16 heavy (non-hydrogen) atoms. The molecule has 0 saturated heterocycles. The van der Waals surface area contributed by atoms with Crippen LogP contribution in [0, 0.1) is 0 Å². The molecule has 2 rings (SSSR count). The first-order valence-corrected chi connectivity index (χ1v) is 5.45. The van der Waals surface area contributed by atoms with E-state index < -0.39 is 0 Å². The Morgan fingerprint density at radius 3 is 2.94 bits per heavy atom. The zero-order valence-corrected chi connectivity index (χ0v) is 9.66. The highest BCUT2D eigenvalue weighted by Gasteiger charge is 2.00. The second kappa shape index (κ2) is 4.39. The summed E-state index contributed by atoms with van der Waals surface area (Å²) in [5.41, 5.74) is 2.49. The van der Waals surface area contributed by atoms with Gasteiger partial charge in [-0.2, -0.15) is 0 Å². The summed E-state index contributed by atoms with van der Waals surface area (Å²) in [6, 6.07) is 8.52. The third-order valence-corrected chi connectivity index (χ3v) is 2.74. The van der Waals surface area contributed by atoms with Crippen LogP contribution in [-0.4, -0.2) is 17.0 Å². The number of nitrogens with one attached hydrogen (secondary N) is 1. The number of carbonyl (C=O) groups excluding carboxylic acids is 1. The maximum Gasteiger partial charge on any atom is 0.216 e. The number of fused-ring (bicyclic) bond motifs is 1. The number of benzene rings is 1. The molecule has 2 aromatic rings. The van der Waals surface area contributed by atoms with Crippen LogP contribution in [0.25, 0.3) is 10.9 Å². The summed E-state index contributed by atoms with van der Waals surface area (Å²) in [5.74, 6) is 0.0277. The molecule has 0 aliphatic rings. The van der Waals surface area contributed by atoms with Gasteiger partial charge in [0.25, 0.3) is 0 Å². The van der Waals surface area contributed by atoms with Crippen LogP contribution >= 0.6 is 0 Å². The van der Waals surface area contributed by atoms with Crippen molar-refractivity contribution in [3.63, 3.8) is 0 Å². The molecule has 1 N–H and O–H groups in total. The summed E-state index contributed by atoms with van der Waals surface area (Å²) in [4.78, 5) is 10.7. The summed E-state index contributed by atoms with van der Waals surface area (Å²) < 4.78 is 2.11. The Labute approximate surface area is 95.1 Å². The molecule has 0 bridgehead atoms. The van der Waals surface area contributed by atoms with E-state index in [9.17, 15) is 4.79 Å². The molecule has 0 atom stereocenters. The lowest BCUT2D eigenvalue weighted by Gasteiger charge is -2.04. The number of aryl methyl sites for hydroxylation is 1. The van der Waals surface area contributed by atoms with Crippen molar-refractivity contribution in [2.24, 2.45) is 7.05 Å². The third kappa shape index (κ3) is 2.24. The van der Waals surface area contributed by atoms with E-state index in [0.717, 1.165) is 6.42 Å². The van der Waals surface area contributed by atoms with Gasteiger partial charge in [0.1, 0.15) is 0 Å². The van der Waals surface area contributed by atoms with Crippen molar-refractivity contribution in [1.82, 2.24) is 9.88 Å². The van der Waals surface area contributed by atoms with Gasteiger partial charge in [0.2, 0.25) is 5.91 Å².